The first-order valence-electron chi connectivity index (χ1n) is 5.90. The molecular formula is C11H17N3O2S. The van der Waals surface area contributed by atoms with Crippen molar-refractivity contribution in [3.63, 3.8) is 0 Å². The van der Waals surface area contributed by atoms with Crippen LogP contribution in [0.15, 0.2) is 6.33 Å². The van der Waals surface area contributed by atoms with Crippen molar-refractivity contribution in [2.45, 2.75) is 26.2 Å². The molecule has 0 aliphatic carbocycles. The Kier molecular flexibility index (Phi) is 3.93. The first kappa shape index (κ1) is 12.3. The van der Waals surface area contributed by atoms with Gasteiger partial charge in [-0.1, -0.05) is 6.92 Å². The van der Waals surface area contributed by atoms with E-state index in [-0.39, 0.29) is 12.3 Å². The number of nitrogens with zero attached hydrogens (tertiary/aromatic N) is 3. The van der Waals surface area contributed by atoms with Gasteiger partial charge >= 0.3 is 5.97 Å². The number of carboxylic acids is 1. The van der Waals surface area contributed by atoms with E-state index >= 15 is 0 Å². The maximum Gasteiger partial charge on any atom is 0.303 e. The molecule has 1 aliphatic rings. The van der Waals surface area contributed by atoms with Crippen LogP contribution in [0.2, 0.25) is 0 Å². The fraction of sp³-hybridized carbons (Fsp3) is 0.727. The molecule has 1 aromatic heterocycles. The van der Waals surface area contributed by atoms with Gasteiger partial charge in [0.25, 0.3) is 0 Å². The maximum absolute atomic E-state index is 10.7. The Bertz CT molecular complexity index is 369. The predicted molar refractivity (Wildman–Crippen MR) is 66.3 cm³/mol. The Morgan fingerprint density at radius 2 is 2.59 bits per heavy atom. The molecule has 0 aromatic carbocycles. The third kappa shape index (κ3) is 3.15. The number of hydrogen-bond donors (Lipinski definition) is 1. The van der Waals surface area contributed by atoms with Crippen LogP contribution in [-0.4, -0.2) is 33.5 Å². The number of piperidine rings is 1. The molecule has 1 fully saturated rings. The van der Waals surface area contributed by atoms with Crippen molar-refractivity contribution in [3.8, 4) is 0 Å². The smallest absolute Gasteiger partial charge is 0.303 e. The lowest BCUT2D eigenvalue weighted by Gasteiger charge is -2.35. The van der Waals surface area contributed by atoms with Crippen molar-refractivity contribution < 1.29 is 9.90 Å². The number of anilines is 1. The quantitative estimate of drug-likeness (QED) is 0.889. The largest absolute Gasteiger partial charge is 0.481 e. The molecule has 2 unspecified atom stereocenters. The summed E-state index contributed by atoms with van der Waals surface area (Å²) in [6, 6.07) is 0. The van der Waals surface area contributed by atoms with Gasteiger partial charge in [-0.2, -0.15) is 4.37 Å². The molecule has 5 nitrogen and oxygen atoms in total. The van der Waals surface area contributed by atoms with Gasteiger partial charge in [-0.25, -0.2) is 4.98 Å². The molecule has 2 atom stereocenters. The highest BCUT2D eigenvalue weighted by molar-refractivity contribution is 7.09. The van der Waals surface area contributed by atoms with Crippen LogP contribution in [0.3, 0.4) is 0 Å². The van der Waals surface area contributed by atoms with Crippen molar-refractivity contribution in [2.24, 2.45) is 11.8 Å². The van der Waals surface area contributed by atoms with Gasteiger partial charge in [0.2, 0.25) is 5.13 Å². The van der Waals surface area contributed by atoms with E-state index in [2.05, 4.69) is 14.3 Å². The second kappa shape index (κ2) is 5.44. The average Bonchev–Trinajstić information content (AvgIpc) is 2.82. The van der Waals surface area contributed by atoms with E-state index in [1.54, 1.807) is 6.33 Å². The number of aromatic nitrogens is 2. The summed E-state index contributed by atoms with van der Waals surface area (Å²) in [5.74, 6) is -0.0301. The van der Waals surface area contributed by atoms with Crippen molar-refractivity contribution in [3.05, 3.63) is 6.33 Å². The Morgan fingerprint density at radius 3 is 3.24 bits per heavy atom. The lowest BCUT2D eigenvalue weighted by atomic mass is 9.85. The summed E-state index contributed by atoms with van der Waals surface area (Å²) in [6.07, 6.45) is 4.05. The van der Waals surface area contributed by atoms with E-state index in [1.165, 1.54) is 11.5 Å². The highest BCUT2D eigenvalue weighted by Crippen LogP contribution is 2.29. The van der Waals surface area contributed by atoms with Crippen molar-refractivity contribution in [1.29, 1.82) is 0 Å². The van der Waals surface area contributed by atoms with E-state index in [9.17, 15) is 4.79 Å². The molecule has 0 bridgehead atoms. The standard InChI is InChI=1S/C11H17N3O2S/c1-8(5-10(15)16)9-3-2-4-14(6-9)11-12-7-13-17-11/h7-9H,2-6H2,1H3,(H,15,16). The molecule has 1 aromatic rings. The molecule has 17 heavy (non-hydrogen) atoms. The van der Waals surface area contributed by atoms with Crippen molar-refractivity contribution in [1.82, 2.24) is 9.36 Å². The van der Waals surface area contributed by atoms with Gasteiger partial charge in [0.05, 0.1) is 0 Å². The minimum Gasteiger partial charge on any atom is -0.481 e. The highest BCUT2D eigenvalue weighted by Gasteiger charge is 2.27. The SMILES string of the molecule is CC(CC(=O)O)C1CCCN(c2ncns2)C1. The van der Waals surface area contributed by atoms with Gasteiger partial charge in [0.1, 0.15) is 6.33 Å². The van der Waals surface area contributed by atoms with Gasteiger partial charge in [0.15, 0.2) is 0 Å². The van der Waals surface area contributed by atoms with Gasteiger partial charge < -0.3 is 10.0 Å². The average molecular weight is 255 g/mol. The van der Waals surface area contributed by atoms with Crippen LogP contribution in [0.25, 0.3) is 0 Å². The Morgan fingerprint density at radius 1 is 1.76 bits per heavy atom. The molecule has 2 heterocycles. The van der Waals surface area contributed by atoms with E-state index in [0.29, 0.717) is 5.92 Å². The summed E-state index contributed by atoms with van der Waals surface area (Å²) < 4.78 is 4.01. The van der Waals surface area contributed by atoms with Gasteiger partial charge in [-0.15, -0.1) is 0 Å². The third-order valence-corrected chi connectivity index (χ3v) is 4.11. The Labute approximate surface area is 105 Å². The molecule has 1 saturated heterocycles. The van der Waals surface area contributed by atoms with Crippen molar-refractivity contribution in [2.75, 3.05) is 18.0 Å². The van der Waals surface area contributed by atoms with Crippen LogP contribution in [0.1, 0.15) is 26.2 Å². The van der Waals surface area contributed by atoms with Crippen LogP contribution in [0.4, 0.5) is 5.13 Å². The summed E-state index contributed by atoms with van der Waals surface area (Å²) in [5, 5.41) is 9.79. The number of aliphatic carboxylic acids is 1. The summed E-state index contributed by atoms with van der Waals surface area (Å²) in [5.41, 5.74) is 0. The van der Waals surface area contributed by atoms with Crippen molar-refractivity contribution >= 4 is 22.6 Å². The number of carboxylic acid groups (broad SMARTS) is 1. The first-order chi connectivity index (χ1) is 8.16. The monoisotopic (exact) mass is 255 g/mol. The zero-order chi connectivity index (χ0) is 12.3. The summed E-state index contributed by atoms with van der Waals surface area (Å²) in [4.78, 5) is 17.2. The Balaban J connectivity index is 1.95. The number of hydrogen-bond acceptors (Lipinski definition) is 5. The molecule has 94 valence electrons. The fourth-order valence-electron chi connectivity index (χ4n) is 2.40. The normalized spacial score (nSPS) is 22.4. The third-order valence-electron chi connectivity index (χ3n) is 3.38. The second-order valence-corrected chi connectivity index (χ2v) is 5.41. The van der Waals surface area contributed by atoms with E-state index in [4.69, 9.17) is 5.11 Å². The van der Waals surface area contributed by atoms with Gasteiger partial charge in [0, 0.05) is 31.0 Å². The van der Waals surface area contributed by atoms with Crippen LogP contribution in [-0.2, 0) is 4.79 Å². The highest BCUT2D eigenvalue weighted by atomic mass is 32.1. The molecule has 0 radical (unpaired) electrons. The maximum atomic E-state index is 10.7. The van der Waals surface area contributed by atoms with Gasteiger partial charge in [-0.05, 0) is 24.7 Å². The zero-order valence-corrected chi connectivity index (χ0v) is 10.7. The number of rotatable bonds is 4. The van der Waals surface area contributed by atoms with Crippen LogP contribution < -0.4 is 4.90 Å². The summed E-state index contributed by atoms with van der Waals surface area (Å²) >= 11 is 1.41. The predicted octanol–water partition coefficient (Wildman–Crippen LogP) is 1.87. The second-order valence-electron chi connectivity index (χ2n) is 4.65. The molecule has 1 N–H and O–H groups in total. The van der Waals surface area contributed by atoms with Crippen LogP contribution in [0, 0.1) is 11.8 Å². The minimum atomic E-state index is -0.703. The lowest BCUT2D eigenvalue weighted by Crippen LogP contribution is -2.38. The van der Waals surface area contributed by atoms with Gasteiger partial charge in [-0.3, -0.25) is 4.79 Å². The molecule has 0 amide bonds. The summed E-state index contributed by atoms with van der Waals surface area (Å²) in [7, 11) is 0. The van der Waals surface area contributed by atoms with E-state index < -0.39 is 5.97 Å². The first-order valence-corrected chi connectivity index (χ1v) is 6.67. The van der Waals surface area contributed by atoms with Crippen LogP contribution >= 0.6 is 11.5 Å². The van der Waals surface area contributed by atoms with E-state index in [0.717, 1.165) is 31.1 Å². The molecule has 0 spiro atoms. The lowest BCUT2D eigenvalue weighted by molar-refractivity contribution is -0.138. The minimum absolute atomic E-state index is 0.225. The molecule has 0 saturated carbocycles. The fourth-order valence-corrected chi connectivity index (χ4v) is 2.96. The Hall–Kier alpha value is -1.17. The van der Waals surface area contributed by atoms with Crippen LogP contribution in [0.5, 0.6) is 0 Å². The topological polar surface area (TPSA) is 66.3 Å². The molecule has 1 aliphatic heterocycles. The molecular weight excluding hydrogens is 238 g/mol. The summed E-state index contributed by atoms with van der Waals surface area (Å²) in [6.45, 7) is 3.94. The molecule has 6 heteroatoms. The molecule has 2 rings (SSSR count). The van der Waals surface area contributed by atoms with E-state index in [1.807, 2.05) is 6.92 Å². The zero-order valence-electron chi connectivity index (χ0n) is 9.87. The number of carbonyl (C=O) groups is 1.